The number of amides is 1. The van der Waals surface area contributed by atoms with Crippen LogP contribution in [0.3, 0.4) is 0 Å². The predicted molar refractivity (Wildman–Crippen MR) is 91.0 cm³/mol. The van der Waals surface area contributed by atoms with Crippen LogP contribution >= 0.6 is 0 Å². The van der Waals surface area contributed by atoms with E-state index in [1.54, 1.807) is 6.20 Å². The van der Waals surface area contributed by atoms with Crippen molar-refractivity contribution in [2.24, 2.45) is 0 Å². The van der Waals surface area contributed by atoms with Crippen LogP contribution < -0.4 is 10.6 Å². The Kier molecular flexibility index (Phi) is 6.56. The second kappa shape index (κ2) is 8.90. The number of rotatable bonds is 8. The summed E-state index contributed by atoms with van der Waals surface area (Å²) < 4.78 is 0. The SMILES string of the molecule is CCC(CO)NC(=O)Cc1ccc(NCc2cccnc2)cc1. The lowest BCUT2D eigenvalue weighted by atomic mass is 10.1. The highest BCUT2D eigenvalue weighted by Crippen LogP contribution is 2.11. The van der Waals surface area contributed by atoms with Gasteiger partial charge in [0.25, 0.3) is 0 Å². The average Bonchev–Trinajstić information content (AvgIpc) is 2.60. The molecule has 23 heavy (non-hydrogen) atoms. The third-order valence-electron chi connectivity index (χ3n) is 3.62. The fourth-order valence-corrected chi connectivity index (χ4v) is 2.19. The van der Waals surface area contributed by atoms with Gasteiger partial charge >= 0.3 is 0 Å². The van der Waals surface area contributed by atoms with Crippen LogP contribution in [0.25, 0.3) is 0 Å². The number of hydrogen-bond donors (Lipinski definition) is 3. The average molecular weight is 313 g/mol. The first-order valence-electron chi connectivity index (χ1n) is 7.83. The van der Waals surface area contributed by atoms with Crippen molar-refractivity contribution in [2.45, 2.75) is 32.4 Å². The van der Waals surface area contributed by atoms with Crippen LogP contribution in [0.1, 0.15) is 24.5 Å². The summed E-state index contributed by atoms with van der Waals surface area (Å²) in [7, 11) is 0. The van der Waals surface area contributed by atoms with Crippen molar-refractivity contribution in [3.63, 3.8) is 0 Å². The molecule has 122 valence electrons. The van der Waals surface area contributed by atoms with Gasteiger partial charge in [-0.15, -0.1) is 0 Å². The van der Waals surface area contributed by atoms with Crippen LogP contribution in [0, 0.1) is 0 Å². The van der Waals surface area contributed by atoms with E-state index in [9.17, 15) is 4.79 Å². The standard InChI is InChI=1S/C18H23N3O2/c1-2-16(13-22)21-18(23)10-14-5-7-17(8-6-14)20-12-15-4-3-9-19-11-15/h3-9,11,16,20,22H,2,10,12-13H2,1H3,(H,21,23). The van der Waals surface area contributed by atoms with Gasteiger partial charge in [-0.2, -0.15) is 0 Å². The number of aliphatic hydroxyl groups excluding tert-OH is 1. The van der Waals surface area contributed by atoms with Gasteiger partial charge in [0.2, 0.25) is 5.91 Å². The van der Waals surface area contributed by atoms with Gasteiger partial charge in [-0.05, 0) is 35.7 Å². The van der Waals surface area contributed by atoms with Crippen molar-refractivity contribution in [3.8, 4) is 0 Å². The van der Waals surface area contributed by atoms with Crippen molar-refractivity contribution >= 4 is 11.6 Å². The van der Waals surface area contributed by atoms with Crippen LogP contribution in [0.4, 0.5) is 5.69 Å². The van der Waals surface area contributed by atoms with E-state index in [0.717, 1.165) is 23.2 Å². The zero-order valence-electron chi connectivity index (χ0n) is 13.3. The Morgan fingerprint density at radius 1 is 1.22 bits per heavy atom. The molecule has 0 aliphatic rings. The van der Waals surface area contributed by atoms with Crippen molar-refractivity contribution < 1.29 is 9.90 Å². The zero-order valence-corrected chi connectivity index (χ0v) is 13.3. The molecule has 5 heteroatoms. The number of carbonyl (C=O) groups excluding carboxylic acids is 1. The Morgan fingerprint density at radius 3 is 2.61 bits per heavy atom. The summed E-state index contributed by atoms with van der Waals surface area (Å²) in [5, 5.41) is 15.2. The predicted octanol–water partition coefficient (Wildman–Crippen LogP) is 2.12. The Labute approximate surface area is 136 Å². The molecule has 0 aliphatic heterocycles. The Morgan fingerprint density at radius 2 is 2.00 bits per heavy atom. The summed E-state index contributed by atoms with van der Waals surface area (Å²) in [6.07, 6.45) is 4.62. The number of carbonyl (C=O) groups is 1. The molecule has 1 atom stereocenters. The number of anilines is 1. The molecule has 2 rings (SSSR count). The molecular weight excluding hydrogens is 290 g/mol. The third kappa shape index (κ3) is 5.71. The van der Waals surface area contributed by atoms with Crippen molar-refractivity contribution in [1.29, 1.82) is 0 Å². The first kappa shape index (κ1) is 17.0. The number of hydrogen-bond acceptors (Lipinski definition) is 4. The molecule has 1 heterocycles. The molecular formula is C18H23N3O2. The maximum absolute atomic E-state index is 11.9. The summed E-state index contributed by atoms with van der Waals surface area (Å²) in [6.45, 7) is 2.62. The van der Waals surface area contributed by atoms with Gasteiger partial charge < -0.3 is 15.7 Å². The van der Waals surface area contributed by atoms with E-state index in [2.05, 4.69) is 15.6 Å². The molecule has 0 saturated heterocycles. The molecule has 0 bridgehead atoms. The second-order valence-electron chi connectivity index (χ2n) is 5.44. The molecule has 0 saturated carbocycles. The van der Waals surface area contributed by atoms with Crippen molar-refractivity contribution in [1.82, 2.24) is 10.3 Å². The highest BCUT2D eigenvalue weighted by molar-refractivity contribution is 5.79. The van der Waals surface area contributed by atoms with Gasteiger partial charge in [-0.1, -0.05) is 25.1 Å². The van der Waals surface area contributed by atoms with Crippen LogP contribution in [-0.2, 0) is 17.8 Å². The molecule has 5 nitrogen and oxygen atoms in total. The highest BCUT2D eigenvalue weighted by atomic mass is 16.3. The van der Waals surface area contributed by atoms with Gasteiger partial charge in [-0.3, -0.25) is 9.78 Å². The molecule has 3 N–H and O–H groups in total. The van der Waals surface area contributed by atoms with E-state index in [-0.39, 0.29) is 18.6 Å². The topological polar surface area (TPSA) is 74.2 Å². The fraction of sp³-hybridized carbons (Fsp3) is 0.333. The third-order valence-corrected chi connectivity index (χ3v) is 3.62. The number of nitrogens with zero attached hydrogens (tertiary/aromatic N) is 1. The number of pyridine rings is 1. The number of aromatic nitrogens is 1. The lowest BCUT2D eigenvalue weighted by Gasteiger charge is -2.14. The maximum atomic E-state index is 11.9. The summed E-state index contributed by atoms with van der Waals surface area (Å²) in [5.41, 5.74) is 3.06. The van der Waals surface area contributed by atoms with Crippen LogP contribution in [-0.4, -0.2) is 28.6 Å². The van der Waals surface area contributed by atoms with Gasteiger partial charge in [0, 0.05) is 24.6 Å². The molecule has 1 unspecified atom stereocenters. The maximum Gasteiger partial charge on any atom is 0.224 e. The zero-order chi connectivity index (χ0) is 16.5. The highest BCUT2D eigenvalue weighted by Gasteiger charge is 2.09. The molecule has 2 aromatic rings. The van der Waals surface area contributed by atoms with E-state index in [1.165, 1.54) is 0 Å². The molecule has 1 aromatic heterocycles. The van der Waals surface area contributed by atoms with Crippen LogP contribution in [0.5, 0.6) is 0 Å². The van der Waals surface area contributed by atoms with Crippen molar-refractivity contribution in [2.75, 3.05) is 11.9 Å². The fourth-order valence-electron chi connectivity index (χ4n) is 2.19. The van der Waals surface area contributed by atoms with Gasteiger partial charge in [0.05, 0.1) is 19.1 Å². The van der Waals surface area contributed by atoms with Crippen molar-refractivity contribution in [3.05, 3.63) is 59.9 Å². The molecule has 0 fully saturated rings. The van der Waals surface area contributed by atoms with E-state index >= 15 is 0 Å². The Balaban J connectivity index is 1.83. The van der Waals surface area contributed by atoms with E-state index in [4.69, 9.17) is 5.11 Å². The normalized spacial score (nSPS) is 11.7. The summed E-state index contributed by atoms with van der Waals surface area (Å²) in [6, 6.07) is 11.6. The summed E-state index contributed by atoms with van der Waals surface area (Å²) in [5.74, 6) is -0.0676. The smallest absolute Gasteiger partial charge is 0.224 e. The summed E-state index contributed by atoms with van der Waals surface area (Å²) in [4.78, 5) is 16.0. The summed E-state index contributed by atoms with van der Waals surface area (Å²) >= 11 is 0. The van der Waals surface area contributed by atoms with Crippen LogP contribution in [0.2, 0.25) is 0 Å². The minimum Gasteiger partial charge on any atom is -0.394 e. The van der Waals surface area contributed by atoms with E-state index in [0.29, 0.717) is 13.0 Å². The first-order valence-corrected chi connectivity index (χ1v) is 7.83. The lowest BCUT2D eigenvalue weighted by Crippen LogP contribution is -2.37. The minimum absolute atomic E-state index is 0.0283. The Hall–Kier alpha value is -2.40. The Bertz CT molecular complexity index is 595. The van der Waals surface area contributed by atoms with E-state index in [1.807, 2.05) is 49.5 Å². The largest absolute Gasteiger partial charge is 0.394 e. The number of aliphatic hydroxyl groups is 1. The molecule has 0 spiro atoms. The van der Waals surface area contributed by atoms with Crippen LogP contribution in [0.15, 0.2) is 48.8 Å². The number of nitrogens with one attached hydrogen (secondary N) is 2. The molecule has 1 amide bonds. The van der Waals surface area contributed by atoms with Gasteiger partial charge in [-0.25, -0.2) is 0 Å². The molecule has 0 radical (unpaired) electrons. The quantitative estimate of drug-likeness (QED) is 0.698. The lowest BCUT2D eigenvalue weighted by molar-refractivity contribution is -0.121. The first-order chi connectivity index (χ1) is 11.2. The van der Waals surface area contributed by atoms with Gasteiger partial charge in [0.15, 0.2) is 0 Å². The number of benzene rings is 1. The second-order valence-corrected chi connectivity index (χ2v) is 5.44. The molecule has 0 aliphatic carbocycles. The minimum atomic E-state index is -0.164. The van der Waals surface area contributed by atoms with E-state index < -0.39 is 0 Å². The molecule has 1 aromatic carbocycles. The monoisotopic (exact) mass is 313 g/mol. The van der Waals surface area contributed by atoms with Gasteiger partial charge in [0.1, 0.15) is 0 Å².